The Balaban J connectivity index is 2.68. The van der Waals surface area contributed by atoms with Crippen molar-refractivity contribution in [3.63, 3.8) is 0 Å². The van der Waals surface area contributed by atoms with Crippen molar-refractivity contribution < 1.29 is 13.2 Å². The second kappa shape index (κ2) is 4.61. The molecule has 0 aromatic carbocycles. The van der Waals surface area contributed by atoms with Crippen LogP contribution in [0, 0.1) is 0 Å². The van der Waals surface area contributed by atoms with Gasteiger partial charge in [0.05, 0.1) is 6.54 Å². The van der Waals surface area contributed by atoms with Gasteiger partial charge in [0.25, 0.3) is 0 Å². The third-order valence-corrected chi connectivity index (χ3v) is 2.30. The Morgan fingerprint density at radius 3 is 2.69 bits per heavy atom. The Morgan fingerprint density at radius 1 is 1.50 bits per heavy atom. The first kappa shape index (κ1) is 12.0. The van der Waals surface area contributed by atoms with Gasteiger partial charge >= 0.3 is 16.2 Å². The van der Waals surface area contributed by atoms with Crippen molar-refractivity contribution in [1.82, 2.24) is 9.62 Å². The van der Waals surface area contributed by atoms with Crippen molar-refractivity contribution >= 4 is 28.4 Å². The van der Waals surface area contributed by atoms with Crippen molar-refractivity contribution in [2.45, 2.75) is 0 Å². The molecular weight excluding hydrogens is 236 g/mol. The maximum absolute atomic E-state index is 11.4. The van der Waals surface area contributed by atoms with Gasteiger partial charge in [0, 0.05) is 18.6 Å². The van der Waals surface area contributed by atoms with Gasteiger partial charge in [0.1, 0.15) is 0 Å². The number of nitrogens with zero attached hydrogens (tertiary/aromatic N) is 3. The van der Waals surface area contributed by atoms with Crippen molar-refractivity contribution in [3.8, 4) is 0 Å². The third-order valence-electron chi connectivity index (χ3n) is 1.42. The van der Waals surface area contributed by atoms with Crippen LogP contribution in [0.25, 0.3) is 0 Å². The first-order chi connectivity index (χ1) is 7.41. The van der Waals surface area contributed by atoms with Gasteiger partial charge in [-0.3, -0.25) is 9.89 Å². The molecule has 0 fully saturated rings. The molecule has 5 N–H and O–H groups in total. The van der Waals surface area contributed by atoms with Crippen LogP contribution in [0.5, 0.6) is 0 Å². The number of aliphatic imine (C=N–C) groups is 1. The highest BCUT2D eigenvalue weighted by Gasteiger charge is 2.18. The summed E-state index contributed by atoms with van der Waals surface area (Å²) in [4.78, 5) is 16.2. The molecule has 0 saturated carbocycles. The molecular formula is C6H10N6O3S. The molecule has 1 heterocycles. The standard InChI is InChI=1S/C6H10N6O3S/c7-5(8)10-16(14,15)11-6(13)12-3-1-9-2-4-12/h1-3H,4H2,(H,11,13)(H4,7,8,10). The number of guanidine groups is 1. The quantitative estimate of drug-likeness (QED) is 0.384. The van der Waals surface area contributed by atoms with E-state index in [1.54, 1.807) is 4.72 Å². The van der Waals surface area contributed by atoms with Crippen LogP contribution in [-0.4, -0.2) is 38.1 Å². The zero-order valence-electron chi connectivity index (χ0n) is 8.07. The first-order valence-corrected chi connectivity index (χ1v) is 5.47. The number of nitrogens with one attached hydrogen (secondary N) is 1. The average Bonchev–Trinajstić information content (AvgIpc) is 2.16. The van der Waals surface area contributed by atoms with Gasteiger partial charge in [-0.25, -0.2) is 9.52 Å². The summed E-state index contributed by atoms with van der Waals surface area (Å²) < 4.78 is 26.8. The Bertz CT molecular complexity index is 461. The number of urea groups is 1. The van der Waals surface area contributed by atoms with Crippen LogP contribution in [-0.2, 0) is 10.2 Å². The lowest BCUT2D eigenvalue weighted by Gasteiger charge is -2.17. The van der Waals surface area contributed by atoms with E-state index >= 15 is 0 Å². The molecule has 0 aliphatic carbocycles. The summed E-state index contributed by atoms with van der Waals surface area (Å²) in [5, 5.41) is 0. The summed E-state index contributed by atoms with van der Waals surface area (Å²) >= 11 is 0. The summed E-state index contributed by atoms with van der Waals surface area (Å²) in [6.07, 6.45) is 4.10. The van der Waals surface area contributed by atoms with E-state index in [-0.39, 0.29) is 6.54 Å². The molecule has 1 rings (SSSR count). The van der Waals surface area contributed by atoms with Gasteiger partial charge < -0.3 is 11.5 Å². The summed E-state index contributed by atoms with van der Waals surface area (Å²) in [6, 6.07) is -0.868. The predicted octanol–water partition coefficient (Wildman–Crippen LogP) is -1.93. The number of rotatable bonds is 2. The zero-order valence-corrected chi connectivity index (χ0v) is 8.88. The minimum Gasteiger partial charge on any atom is -0.369 e. The van der Waals surface area contributed by atoms with E-state index in [4.69, 9.17) is 11.5 Å². The van der Waals surface area contributed by atoms with E-state index in [2.05, 4.69) is 9.39 Å². The third kappa shape index (κ3) is 3.57. The molecule has 0 unspecified atom stereocenters. The van der Waals surface area contributed by atoms with Crippen LogP contribution in [0.2, 0.25) is 0 Å². The molecule has 9 nitrogen and oxygen atoms in total. The van der Waals surface area contributed by atoms with Crippen LogP contribution < -0.4 is 16.2 Å². The molecule has 16 heavy (non-hydrogen) atoms. The summed E-state index contributed by atoms with van der Waals surface area (Å²) in [5.41, 5.74) is 9.76. The first-order valence-electron chi connectivity index (χ1n) is 4.03. The minimum atomic E-state index is -4.21. The lowest BCUT2D eigenvalue weighted by atomic mass is 10.5. The highest BCUT2D eigenvalue weighted by molar-refractivity contribution is 7.88. The molecule has 0 spiro atoms. The van der Waals surface area contributed by atoms with E-state index < -0.39 is 22.2 Å². The molecule has 10 heteroatoms. The second-order valence-corrected chi connectivity index (χ2v) is 4.02. The molecule has 1 aliphatic rings. The second-order valence-electron chi connectivity index (χ2n) is 2.68. The number of hydrogen-bond donors (Lipinski definition) is 3. The topological polar surface area (TPSA) is 143 Å². The number of carbonyl (C=O) groups excluding carboxylic acids is 1. The van der Waals surface area contributed by atoms with Gasteiger partial charge in [-0.15, -0.1) is 4.40 Å². The minimum absolute atomic E-state index is 0.166. The van der Waals surface area contributed by atoms with Crippen molar-refractivity contribution in [2.24, 2.45) is 20.9 Å². The molecule has 0 radical (unpaired) electrons. The molecule has 2 amide bonds. The number of nitrogens with two attached hydrogens (primary N) is 2. The normalized spacial score (nSPS) is 14.6. The largest absolute Gasteiger partial charge is 0.369 e. The fourth-order valence-electron chi connectivity index (χ4n) is 0.857. The lowest BCUT2D eigenvalue weighted by molar-refractivity contribution is 0.225. The molecule has 0 saturated heterocycles. The van der Waals surface area contributed by atoms with Crippen LogP contribution in [0.3, 0.4) is 0 Å². The van der Waals surface area contributed by atoms with E-state index in [0.29, 0.717) is 0 Å². The molecule has 0 aromatic heterocycles. The fraction of sp³-hybridized carbons (Fsp3) is 0.167. The number of carbonyl (C=O) groups is 1. The van der Waals surface area contributed by atoms with Crippen LogP contribution in [0.4, 0.5) is 4.79 Å². The number of amides is 2. The zero-order chi connectivity index (χ0) is 12.2. The van der Waals surface area contributed by atoms with Crippen molar-refractivity contribution in [3.05, 3.63) is 12.4 Å². The van der Waals surface area contributed by atoms with E-state index in [9.17, 15) is 13.2 Å². The van der Waals surface area contributed by atoms with E-state index in [1.807, 2.05) is 0 Å². The van der Waals surface area contributed by atoms with Crippen LogP contribution in [0.15, 0.2) is 21.8 Å². The smallest absolute Gasteiger partial charge is 0.349 e. The van der Waals surface area contributed by atoms with Crippen molar-refractivity contribution in [2.75, 3.05) is 6.54 Å². The monoisotopic (exact) mass is 246 g/mol. The maximum atomic E-state index is 11.4. The lowest BCUT2D eigenvalue weighted by Crippen LogP contribution is -2.41. The highest BCUT2D eigenvalue weighted by atomic mass is 32.2. The fourth-order valence-corrected chi connectivity index (χ4v) is 1.52. The highest BCUT2D eigenvalue weighted by Crippen LogP contribution is 1.97. The van der Waals surface area contributed by atoms with E-state index in [1.165, 1.54) is 18.6 Å². The predicted molar refractivity (Wildman–Crippen MR) is 57.6 cm³/mol. The Labute approximate surface area is 91.7 Å². The molecule has 0 bridgehead atoms. The summed E-state index contributed by atoms with van der Waals surface area (Å²) in [5.74, 6) is -0.656. The van der Waals surface area contributed by atoms with Gasteiger partial charge in [-0.2, -0.15) is 8.42 Å². The van der Waals surface area contributed by atoms with Gasteiger partial charge in [0.2, 0.25) is 5.96 Å². The average molecular weight is 246 g/mol. The Hall–Kier alpha value is -2.10. The van der Waals surface area contributed by atoms with Crippen molar-refractivity contribution in [1.29, 1.82) is 0 Å². The Morgan fingerprint density at radius 2 is 2.19 bits per heavy atom. The summed E-state index contributed by atoms with van der Waals surface area (Å²) in [7, 11) is -4.21. The van der Waals surface area contributed by atoms with Gasteiger partial charge in [0.15, 0.2) is 0 Å². The molecule has 1 aliphatic heterocycles. The SMILES string of the molecule is NC(N)=NS(=O)(=O)NC(=O)N1C=CN=CC1. The maximum Gasteiger partial charge on any atom is 0.349 e. The molecule has 88 valence electrons. The Kier molecular flexibility index (Phi) is 3.45. The number of hydrogen-bond acceptors (Lipinski definition) is 4. The van der Waals surface area contributed by atoms with Gasteiger partial charge in [-0.1, -0.05) is 0 Å². The summed E-state index contributed by atoms with van der Waals surface area (Å²) in [6.45, 7) is 0.166. The van der Waals surface area contributed by atoms with Crippen LogP contribution >= 0.6 is 0 Å². The molecule has 0 atom stereocenters. The van der Waals surface area contributed by atoms with Gasteiger partial charge in [-0.05, 0) is 0 Å². The van der Waals surface area contributed by atoms with E-state index in [0.717, 1.165) is 4.90 Å². The molecule has 0 aromatic rings. The van der Waals surface area contributed by atoms with Crippen LogP contribution in [0.1, 0.15) is 0 Å².